The third kappa shape index (κ3) is 6.56. The quantitative estimate of drug-likeness (QED) is 0.670. The van der Waals surface area contributed by atoms with Crippen molar-refractivity contribution in [2.45, 2.75) is 20.2 Å². The zero-order valence-electron chi connectivity index (χ0n) is 8.61. The fraction of sp³-hybridized carbons (Fsp3) is 0.300. The third-order valence-corrected chi connectivity index (χ3v) is 1.35. The van der Waals surface area contributed by atoms with Gasteiger partial charge in [-0.2, -0.15) is 17.2 Å². The third-order valence-electron chi connectivity index (χ3n) is 1.35. The fourth-order valence-electron chi connectivity index (χ4n) is 1.04. The summed E-state index contributed by atoms with van der Waals surface area (Å²) in [6.45, 7) is 3.36. The van der Waals surface area contributed by atoms with E-state index in [-0.39, 0.29) is 34.2 Å². The maximum atomic E-state index is 11.8. The molecule has 0 amide bonds. The van der Waals surface area contributed by atoms with Crippen LogP contribution in [-0.4, -0.2) is 6.36 Å². The van der Waals surface area contributed by atoms with Crippen LogP contribution in [0, 0.1) is 27.3 Å². The van der Waals surface area contributed by atoms with E-state index >= 15 is 0 Å². The first kappa shape index (κ1) is 16.9. The van der Waals surface area contributed by atoms with Crippen LogP contribution in [0.25, 0.3) is 0 Å². The van der Waals surface area contributed by atoms with Gasteiger partial charge >= 0.3 is 27.4 Å². The molecule has 84 valence electrons. The molecule has 0 saturated carbocycles. The Balaban J connectivity index is 0. The van der Waals surface area contributed by atoms with Crippen LogP contribution in [0.15, 0.2) is 12.1 Å². The summed E-state index contributed by atoms with van der Waals surface area (Å²) < 4.78 is 39.0. The molecule has 0 atom stereocenters. The molecule has 5 heteroatoms. The number of aryl methyl sites for hydroxylation is 2. The number of hydrogen-bond acceptors (Lipinski definition) is 1. The summed E-state index contributed by atoms with van der Waals surface area (Å²) in [4.78, 5) is 0. The van der Waals surface area contributed by atoms with E-state index in [4.69, 9.17) is 0 Å². The predicted octanol–water partition coefficient (Wildman–Crippen LogP) is 3.45. The van der Waals surface area contributed by atoms with Crippen molar-refractivity contribution in [1.82, 2.24) is 0 Å². The Morgan fingerprint density at radius 3 is 2.13 bits per heavy atom. The van der Waals surface area contributed by atoms with E-state index in [1.54, 1.807) is 19.9 Å². The van der Waals surface area contributed by atoms with Gasteiger partial charge in [-0.25, -0.2) is 0 Å². The first-order chi connectivity index (χ1) is 5.87. The average Bonchev–Trinajstić information content (AvgIpc) is 1.78. The first-order valence-electron chi connectivity index (χ1n) is 3.63. The summed E-state index contributed by atoms with van der Waals surface area (Å²) in [6, 6.07) is 5.48. The van der Waals surface area contributed by atoms with Crippen LogP contribution in [0.3, 0.4) is 0 Å². The molecular formula is C10H11F3OW. The molecule has 1 aromatic rings. The molecule has 0 aliphatic rings. The van der Waals surface area contributed by atoms with E-state index in [1.165, 1.54) is 6.07 Å². The molecule has 0 bridgehead atoms. The van der Waals surface area contributed by atoms with E-state index in [9.17, 15) is 13.2 Å². The number of ether oxygens (including phenoxy) is 1. The molecule has 0 heterocycles. The smallest absolute Gasteiger partial charge is 0.433 e. The predicted molar refractivity (Wildman–Crippen MR) is 47.8 cm³/mol. The van der Waals surface area contributed by atoms with Crippen LogP contribution in [0.4, 0.5) is 13.2 Å². The van der Waals surface area contributed by atoms with Gasteiger partial charge < -0.3 is 12.2 Å². The zero-order chi connectivity index (χ0) is 10.1. The minimum Gasteiger partial charge on any atom is -0.433 e. The molecule has 1 nitrogen and oxygen atoms in total. The molecule has 0 N–H and O–H groups in total. The van der Waals surface area contributed by atoms with E-state index in [1.807, 2.05) is 0 Å². The van der Waals surface area contributed by atoms with E-state index in [0.717, 1.165) is 5.56 Å². The van der Waals surface area contributed by atoms with Crippen molar-refractivity contribution in [3.8, 4) is 5.75 Å². The topological polar surface area (TPSA) is 9.23 Å². The maximum Gasteiger partial charge on any atom is 2.00 e. The van der Waals surface area contributed by atoms with Crippen molar-refractivity contribution < 1.29 is 39.0 Å². The largest absolute Gasteiger partial charge is 2.00 e. The summed E-state index contributed by atoms with van der Waals surface area (Å²) in [6.07, 6.45) is -4.64. The molecule has 0 aliphatic heterocycles. The number of rotatable bonds is 1. The SMILES string of the molecule is Cc1[c-]c(OC(F)(F)F)cc(C)c1.[CH3-].[W+2]. The second-order valence-electron chi connectivity index (χ2n) is 2.75. The molecule has 0 aromatic heterocycles. The Kier molecular flexibility index (Phi) is 6.95. The van der Waals surface area contributed by atoms with E-state index < -0.39 is 6.36 Å². The van der Waals surface area contributed by atoms with Crippen LogP contribution < -0.4 is 4.74 Å². The van der Waals surface area contributed by atoms with Crippen molar-refractivity contribution >= 4 is 0 Å². The molecule has 1 aromatic carbocycles. The molecular weight excluding hydrogens is 377 g/mol. The van der Waals surface area contributed by atoms with Gasteiger partial charge in [0, 0.05) is 5.75 Å². The van der Waals surface area contributed by atoms with Crippen molar-refractivity contribution in [2.24, 2.45) is 0 Å². The molecule has 1 rings (SSSR count). The second kappa shape index (κ2) is 6.16. The monoisotopic (exact) mass is 388 g/mol. The Morgan fingerprint density at radius 1 is 1.20 bits per heavy atom. The van der Waals surface area contributed by atoms with Gasteiger partial charge in [-0.3, -0.25) is 0 Å². The summed E-state index contributed by atoms with van der Waals surface area (Å²) in [5.74, 6) is -0.287. The minimum atomic E-state index is -4.64. The van der Waals surface area contributed by atoms with Crippen molar-refractivity contribution in [2.75, 3.05) is 0 Å². The Hall–Kier alpha value is -0.502. The molecule has 0 unspecified atom stereocenters. The van der Waals surface area contributed by atoms with Gasteiger partial charge in [-0.15, -0.1) is 25.3 Å². The molecule has 0 radical (unpaired) electrons. The summed E-state index contributed by atoms with van der Waals surface area (Å²) in [5, 5.41) is 0. The fourth-order valence-corrected chi connectivity index (χ4v) is 1.04. The van der Waals surface area contributed by atoms with Gasteiger partial charge in [0.1, 0.15) is 0 Å². The minimum absolute atomic E-state index is 0. The van der Waals surface area contributed by atoms with Crippen molar-refractivity contribution in [1.29, 1.82) is 0 Å². The Bertz CT molecular complexity index is 290. The summed E-state index contributed by atoms with van der Waals surface area (Å²) in [5.41, 5.74) is 1.34. The summed E-state index contributed by atoms with van der Waals surface area (Å²) >= 11 is 0. The normalized spacial score (nSPS) is 9.93. The van der Waals surface area contributed by atoms with Crippen LogP contribution in [0.1, 0.15) is 11.1 Å². The molecule has 0 aliphatic carbocycles. The zero-order valence-corrected chi connectivity index (χ0v) is 11.5. The Morgan fingerprint density at radius 2 is 1.73 bits per heavy atom. The van der Waals surface area contributed by atoms with Crippen LogP contribution in [0.5, 0.6) is 5.75 Å². The van der Waals surface area contributed by atoms with Crippen LogP contribution in [0.2, 0.25) is 0 Å². The molecule has 0 spiro atoms. The number of alkyl halides is 3. The van der Waals surface area contributed by atoms with E-state index in [0.29, 0.717) is 5.56 Å². The van der Waals surface area contributed by atoms with Crippen LogP contribution >= 0.6 is 0 Å². The standard InChI is InChI=1S/C9H8F3O.CH3.W/c1-6-3-7(2)5-8(4-6)13-9(10,11)12;;/h3-4H,1-2H3;1H3;/q2*-1;+2. The van der Waals surface area contributed by atoms with Gasteiger partial charge in [0.05, 0.1) is 0 Å². The number of halogens is 3. The molecule has 15 heavy (non-hydrogen) atoms. The van der Waals surface area contributed by atoms with Gasteiger partial charge in [0.2, 0.25) is 0 Å². The number of hydrogen-bond donors (Lipinski definition) is 0. The van der Waals surface area contributed by atoms with Crippen LogP contribution in [-0.2, 0) is 21.1 Å². The average molecular weight is 388 g/mol. The first-order valence-corrected chi connectivity index (χ1v) is 3.63. The maximum absolute atomic E-state index is 11.8. The number of benzene rings is 1. The Labute approximate surface area is 102 Å². The van der Waals surface area contributed by atoms with Gasteiger partial charge in [-0.1, -0.05) is 13.8 Å². The molecule has 0 fully saturated rings. The van der Waals surface area contributed by atoms with Crippen molar-refractivity contribution in [3.63, 3.8) is 0 Å². The van der Waals surface area contributed by atoms with Crippen molar-refractivity contribution in [3.05, 3.63) is 36.8 Å². The van der Waals surface area contributed by atoms with Gasteiger partial charge in [-0.05, 0) is 0 Å². The van der Waals surface area contributed by atoms with Gasteiger partial charge in [0.15, 0.2) is 0 Å². The second-order valence-corrected chi connectivity index (χ2v) is 2.75. The van der Waals surface area contributed by atoms with E-state index in [2.05, 4.69) is 10.8 Å². The van der Waals surface area contributed by atoms with Gasteiger partial charge in [0.25, 0.3) is 0 Å². The molecule has 0 saturated heterocycles. The summed E-state index contributed by atoms with van der Waals surface area (Å²) in [7, 11) is 0.